The van der Waals surface area contributed by atoms with Gasteiger partial charge < -0.3 is 29.9 Å². The Balaban J connectivity index is 1.04. The number of hydrogen-bond acceptors (Lipinski definition) is 10. The Labute approximate surface area is 381 Å². The van der Waals surface area contributed by atoms with Gasteiger partial charge in [-0.15, -0.1) is 0 Å². The molecule has 4 bridgehead atoms. The lowest BCUT2D eigenvalue weighted by Crippen LogP contribution is -2.53. The number of fused-ring (bicyclic) bond motifs is 6. The second-order valence-corrected chi connectivity index (χ2v) is 19.5. The van der Waals surface area contributed by atoms with E-state index >= 15 is 0 Å². The first-order valence-electron chi connectivity index (χ1n) is 23.3. The number of aryl methyl sites for hydroxylation is 2. The van der Waals surface area contributed by atoms with E-state index in [1.807, 2.05) is 113 Å². The highest BCUT2D eigenvalue weighted by molar-refractivity contribution is 6.07. The fraction of sp³-hybridized carbons (Fsp3) is 0.500. The maximum absolute atomic E-state index is 14.8. The number of ether oxygens (including phenoxy) is 2. The number of rotatable bonds is 16. The van der Waals surface area contributed by atoms with Crippen molar-refractivity contribution in [1.82, 2.24) is 25.8 Å². The van der Waals surface area contributed by atoms with E-state index in [-0.39, 0.29) is 23.7 Å². The molecule has 13 heteroatoms. The van der Waals surface area contributed by atoms with Gasteiger partial charge in [-0.25, -0.2) is 9.59 Å². The molecule has 0 aliphatic heterocycles. The molecule has 13 nitrogen and oxygen atoms in total. The second kappa shape index (κ2) is 19.4. The summed E-state index contributed by atoms with van der Waals surface area (Å²) in [5, 5.41) is 12.2. The Morgan fingerprint density at radius 1 is 0.523 bits per heavy atom. The van der Waals surface area contributed by atoms with Gasteiger partial charge in [0.05, 0.1) is 34.8 Å². The maximum Gasteiger partial charge on any atom is 0.339 e. The summed E-state index contributed by atoms with van der Waals surface area (Å²) in [5.74, 6) is -7.69. The molecule has 3 N–H and O–H groups in total. The van der Waals surface area contributed by atoms with Crippen molar-refractivity contribution in [1.29, 1.82) is 0 Å². The second-order valence-electron chi connectivity index (χ2n) is 19.5. The number of benzene rings is 4. The molecule has 4 aliphatic carbocycles. The summed E-state index contributed by atoms with van der Waals surface area (Å²) in [6.07, 6.45) is 1.92. The lowest BCUT2D eigenvalue weighted by molar-refractivity contribution is -0.147. The van der Waals surface area contributed by atoms with Crippen molar-refractivity contribution in [2.24, 2.45) is 47.3 Å². The van der Waals surface area contributed by atoms with Gasteiger partial charge in [0, 0.05) is 24.9 Å². The van der Waals surface area contributed by atoms with E-state index in [9.17, 15) is 28.8 Å². The molecule has 4 aromatic rings. The molecule has 65 heavy (non-hydrogen) atoms. The van der Waals surface area contributed by atoms with E-state index in [1.165, 1.54) is 0 Å². The third-order valence-electron chi connectivity index (χ3n) is 14.7. The first-order valence-corrected chi connectivity index (χ1v) is 23.3. The maximum atomic E-state index is 14.8. The van der Waals surface area contributed by atoms with Crippen LogP contribution >= 0.6 is 0 Å². The predicted octanol–water partition coefficient (Wildman–Crippen LogP) is 5.68. The highest BCUT2D eigenvalue weighted by Gasteiger charge is 2.62. The molecule has 4 fully saturated rings. The average molecular weight is 886 g/mol. The van der Waals surface area contributed by atoms with Crippen molar-refractivity contribution < 1.29 is 38.2 Å². The summed E-state index contributed by atoms with van der Waals surface area (Å²) in [6, 6.07) is 22.7. The Bertz CT molecular complexity index is 2310. The van der Waals surface area contributed by atoms with Gasteiger partial charge in [0.15, 0.2) is 0 Å². The Morgan fingerprint density at radius 2 is 0.908 bits per heavy atom. The fourth-order valence-electron chi connectivity index (χ4n) is 11.9. The molecule has 8 rings (SSSR count). The molecule has 0 aromatic heterocycles. The zero-order valence-electron chi connectivity index (χ0n) is 38.4. The number of esters is 2. The molecule has 0 saturated heterocycles. The van der Waals surface area contributed by atoms with Gasteiger partial charge in [-0.05, 0) is 150 Å². The van der Waals surface area contributed by atoms with E-state index in [2.05, 4.69) is 16.0 Å². The molecule has 0 radical (unpaired) electrons. The molecule has 0 spiro atoms. The zero-order valence-corrected chi connectivity index (χ0v) is 38.4. The van der Waals surface area contributed by atoms with Crippen molar-refractivity contribution in [2.45, 2.75) is 64.6 Å². The van der Waals surface area contributed by atoms with Crippen LogP contribution in [-0.4, -0.2) is 112 Å². The largest absolute Gasteiger partial charge is 0.458 e. The Kier molecular flexibility index (Phi) is 13.7. The molecular weight excluding hydrogens is 823 g/mol. The highest BCUT2D eigenvalue weighted by Crippen LogP contribution is 2.56. The summed E-state index contributed by atoms with van der Waals surface area (Å²) in [4.78, 5) is 89.6. The van der Waals surface area contributed by atoms with Gasteiger partial charge in [0.1, 0.15) is 12.2 Å². The van der Waals surface area contributed by atoms with Crippen LogP contribution in [0.25, 0.3) is 21.5 Å². The van der Waals surface area contributed by atoms with E-state index in [0.717, 1.165) is 45.8 Å². The molecule has 4 amide bonds. The summed E-state index contributed by atoms with van der Waals surface area (Å²) < 4.78 is 12.5. The van der Waals surface area contributed by atoms with Crippen molar-refractivity contribution in [3.05, 3.63) is 95.1 Å². The van der Waals surface area contributed by atoms with Crippen molar-refractivity contribution in [2.75, 3.05) is 54.4 Å². The molecule has 344 valence electrons. The van der Waals surface area contributed by atoms with Crippen LogP contribution in [0.2, 0.25) is 0 Å². The summed E-state index contributed by atoms with van der Waals surface area (Å²) >= 11 is 0. The minimum absolute atomic E-state index is 0.253. The first kappa shape index (κ1) is 45.9. The van der Waals surface area contributed by atoms with Crippen LogP contribution in [-0.2, 0) is 28.7 Å². The third kappa shape index (κ3) is 9.40. The monoisotopic (exact) mass is 885 g/mol. The topological polar surface area (TPSA) is 163 Å². The van der Waals surface area contributed by atoms with Gasteiger partial charge in [-0.3, -0.25) is 24.5 Å². The summed E-state index contributed by atoms with van der Waals surface area (Å²) in [7, 11) is 7.85. The van der Waals surface area contributed by atoms with Gasteiger partial charge in [0.2, 0.25) is 23.6 Å². The lowest BCUT2D eigenvalue weighted by Gasteiger charge is -2.36. The fourth-order valence-corrected chi connectivity index (χ4v) is 11.9. The molecular formula is C52H63N5O8. The molecule has 10 unspecified atom stereocenters. The predicted molar refractivity (Wildman–Crippen MR) is 248 cm³/mol. The van der Waals surface area contributed by atoms with Crippen molar-refractivity contribution in [3.8, 4) is 0 Å². The van der Waals surface area contributed by atoms with Gasteiger partial charge >= 0.3 is 11.9 Å². The average Bonchev–Trinajstić information content (AvgIpc) is 4.06. The van der Waals surface area contributed by atoms with Crippen LogP contribution in [0.3, 0.4) is 0 Å². The van der Waals surface area contributed by atoms with Crippen LogP contribution in [0.1, 0.15) is 70.4 Å². The normalized spacial score (nSPS) is 26.5. The number of nitrogens with one attached hydrogen (secondary N) is 3. The quantitative estimate of drug-likeness (QED) is 0.0725. The first-order chi connectivity index (χ1) is 31.2. The van der Waals surface area contributed by atoms with E-state index in [1.54, 1.807) is 12.1 Å². The number of imide groups is 1. The zero-order chi connectivity index (χ0) is 46.1. The Hall–Kier alpha value is -5.66. The number of nitrogens with zero attached hydrogens (tertiary/aromatic N) is 2. The van der Waals surface area contributed by atoms with E-state index in [0.29, 0.717) is 62.7 Å². The molecule has 4 aromatic carbocycles. The molecule has 0 heterocycles. The SMILES string of the molecule is Cc1cccc2cccc(C(=O)OC3CC4CC3C(C(=O)NC(=O)C3C5CC(CC5OC(=O)c5cccc6cccc(C)c56)C3C(=O)NCCCN(C)C)C4C(=O)NCCCN(C)C)c12. The van der Waals surface area contributed by atoms with Crippen LogP contribution in [0.5, 0.6) is 0 Å². The highest BCUT2D eigenvalue weighted by atomic mass is 16.5. The smallest absolute Gasteiger partial charge is 0.339 e. The number of amides is 4. The minimum Gasteiger partial charge on any atom is -0.458 e. The number of carbonyl (C=O) groups excluding carboxylic acids is 6. The molecule has 4 aliphatic rings. The van der Waals surface area contributed by atoms with Gasteiger partial charge in [0.25, 0.3) is 0 Å². The summed E-state index contributed by atoms with van der Waals surface area (Å²) in [6.45, 7) is 6.28. The van der Waals surface area contributed by atoms with E-state index < -0.39 is 71.5 Å². The third-order valence-corrected chi connectivity index (χ3v) is 14.7. The Morgan fingerprint density at radius 3 is 1.29 bits per heavy atom. The van der Waals surface area contributed by atoms with Gasteiger partial charge in [-0.2, -0.15) is 0 Å². The number of carbonyl (C=O) groups is 6. The molecule has 10 atom stereocenters. The number of hydrogen-bond donors (Lipinski definition) is 3. The standard InChI is InChI=1S/C52H63N5O8/c1-29-13-7-15-31-17-9-19-35(41(29)31)51(62)64-39-27-33-25-37(39)45(43(33)47(58)53-21-11-23-56(3)4)49(60)55-50(61)46-38-26-34(44(46)48(59)54-22-12-24-57(5)6)28-40(38)65-52(63)36-20-10-18-32-16-8-14-30(2)42(32)36/h7-10,13-20,33-34,37-40,43-46H,11-12,21-28H2,1-6H3,(H,53,58)(H,54,59)(H,55,60,61). The van der Waals surface area contributed by atoms with Crippen LogP contribution in [0.4, 0.5) is 0 Å². The van der Waals surface area contributed by atoms with Crippen molar-refractivity contribution >= 4 is 57.1 Å². The van der Waals surface area contributed by atoms with Crippen LogP contribution in [0, 0.1) is 61.2 Å². The van der Waals surface area contributed by atoms with E-state index in [4.69, 9.17) is 9.47 Å². The van der Waals surface area contributed by atoms with Gasteiger partial charge in [-0.1, -0.05) is 60.7 Å². The molecule has 4 saturated carbocycles. The minimum atomic E-state index is -0.960. The van der Waals surface area contributed by atoms with Crippen molar-refractivity contribution in [3.63, 3.8) is 0 Å². The van der Waals surface area contributed by atoms with Crippen LogP contribution < -0.4 is 16.0 Å². The summed E-state index contributed by atoms with van der Waals surface area (Å²) in [5.41, 5.74) is 2.74. The van der Waals surface area contributed by atoms with Crippen LogP contribution in [0.15, 0.2) is 72.8 Å². The lowest BCUT2D eigenvalue weighted by atomic mass is 9.75.